The molecule has 2 rings (SSSR count). The molecule has 0 spiro atoms. The smallest absolute Gasteiger partial charge is 0.220 e. The van der Waals surface area contributed by atoms with E-state index in [0.717, 1.165) is 18.0 Å². The number of nitrogens with two attached hydrogens (primary N) is 1. The minimum atomic E-state index is -0.355. The summed E-state index contributed by atoms with van der Waals surface area (Å²) < 4.78 is 5.42. The van der Waals surface area contributed by atoms with Crippen molar-refractivity contribution in [2.45, 2.75) is 19.9 Å². The Morgan fingerprint density at radius 3 is 2.38 bits per heavy atom. The largest absolute Gasteiger partial charge is 0.493 e. The van der Waals surface area contributed by atoms with Gasteiger partial charge in [0.25, 0.3) is 0 Å². The number of aryl methyl sites for hydroxylation is 1. The number of hydrogen-bond donors (Lipinski definition) is 2. The van der Waals surface area contributed by atoms with Crippen molar-refractivity contribution in [2.75, 3.05) is 11.9 Å². The molecule has 0 saturated heterocycles. The number of ether oxygens (including phenoxy) is 1. The molecule has 1 amide bonds. The van der Waals surface area contributed by atoms with Gasteiger partial charge in [0.2, 0.25) is 5.91 Å². The van der Waals surface area contributed by atoms with Gasteiger partial charge >= 0.3 is 0 Å². The summed E-state index contributed by atoms with van der Waals surface area (Å²) in [6, 6.07) is 16.1. The van der Waals surface area contributed by atoms with Crippen LogP contribution in [0.1, 0.15) is 17.5 Å². The number of nitrogens with one attached hydrogen (secondary N) is 1. The maximum atomic E-state index is 10.6. The van der Waals surface area contributed by atoms with Crippen molar-refractivity contribution in [3.05, 3.63) is 59.7 Å². The Morgan fingerprint density at radius 1 is 1.10 bits per heavy atom. The maximum absolute atomic E-state index is 10.6. The van der Waals surface area contributed by atoms with Gasteiger partial charge in [0.15, 0.2) is 0 Å². The highest BCUT2D eigenvalue weighted by Crippen LogP contribution is 2.16. The van der Waals surface area contributed by atoms with Crippen molar-refractivity contribution in [2.24, 2.45) is 5.73 Å². The summed E-state index contributed by atoms with van der Waals surface area (Å²) in [4.78, 5) is 10.6. The van der Waals surface area contributed by atoms with Gasteiger partial charge < -0.3 is 15.8 Å². The first-order chi connectivity index (χ1) is 10.1. The zero-order valence-corrected chi connectivity index (χ0v) is 12.1. The van der Waals surface area contributed by atoms with Crippen LogP contribution >= 0.6 is 0 Å². The van der Waals surface area contributed by atoms with Gasteiger partial charge in [0, 0.05) is 12.2 Å². The molecule has 4 nitrogen and oxygen atoms in total. The number of rotatable bonds is 7. The quantitative estimate of drug-likeness (QED) is 0.821. The first-order valence-corrected chi connectivity index (χ1v) is 6.94. The Labute approximate surface area is 124 Å². The molecule has 0 aliphatic carbocycles. The Hall–Kier alpha value is -2.49. The number of anilines is 1. The average Bonchev–Trinajstić information content (AvgIpc) is 2.48. The second-order valence-electron chi connectivity index (χ2n) is 4.93. The zero-order chi connectivity index (χ0) is 15.1. The lowest BCUT2D eigenvalue weighted by atomic mass is 10.1. The predicted molar refractivity (Wildman–Crippen MR) is 84.3 cm³/mol. The summed E-state index contributed by atoms with van der Waals surface area (Å²) in [5.41, 5.74) is 8.58. The van der Waals surface area contributed by atoms with Crippen molar-refractivity contribution < 1.29 is 9.53 Å². The first kappa shape index (κ1) is 14.9. The third-order valence-corrected chi connectivity index (χ3v) is 3.09. The van der Waals surface area contributed by atoms with Gasteiger partial charge in [-0.25, -0.2) is 0 Å². The summed E-state index contributed by atoms with van der Waals surface area (Å²) in [5, 5.41) is 3.35. The molecule has 0 aliphatic rings. The van der Waals surface area contributed by atoms with E-state index >= 15 is 0 Å². The minimum absolute atomic E-state index is 0.230. The molecule has 0 bridgehead atoms. The molecule has 0 fully saturated rings. The lowest BCUT2D eigenvalue weighted by molar-refractivity contribution is -0.118. The molecule has 0 aliphatic heterocycles. The highest BCUT2D eigenvalue weighted by molar-refractivity contribution is 5.73. The second-order valence-corrected chi connectivity index (χ2v) is 4.93. The number of primary amides is 1. The molecule has 2 aromatic rings. The lowest BCUT2D eigenvalue weighted by Crippen LogP contribution is -2.14. The van der Waals surface area contributed by atoms with E-state index in [0.29, 0.717) is 6.61 Å². The second kappa shape index (κ2) is 7.33. The first-order valence-electron chi connectivity index (χ1n) is 6.94. The molecule has 0 heterocycles. The number of carbonyl (C=O) groups excluding carboxylic acids is 1. The van der Waals surface area contributed by atoms with E-state index in [1.165, 1.54) is 11.1 Å². The van der Waals surface area contributed by atoms with Crippen LogP contribution in [0.4, 0.5) is 5.69 Å². The van der Waals surface area contributed by atoms with Crippen LogP contribution in [0, 0.1) is 6.92 Å². The molecule has 2 aromatic carbocycles. The summed E-state index contributed by atoms with van der Waals surface area (Å²) in [7, 11) is 0. The standard InChI is InChI=1S/C17H20N2O2/c1-13-2-4-14(5-3-13)12-19-15-6-8-16(9-7-15)21-11-10-17(18)20/h2-9,19H,10-12H2,1H3,(H2,18,20). The highest BCUT2D eigenvalue weighted by Gasteiger charge is 1.98. The SMILES string of the molecule is Cc1ccc(CNc2ccc(OCCC(N)=O)cc2)cc1. The number of hydrogen-bond acceptors (Lipinski definition) is 3. The van der Waals surface area contributed by atoms with Gasteiger partial charge in [0.05, 0.1) is 13.0 Å². The number of amides is 1. The van der Waals surface area contributed by atoms with E-state index in [1.54, 1.807) is 0 Å². The van der Waals surface area contributed by atoms with Crippen molar-refractivity contribution in [1.29, 1.82) is 0 Å². The fraction of sp³-hybridized carbons (Fsp3) is 0.235. The Balaban J connectivity index is 1.81. The Bertz CT molecular complexity index is 577. The molecular weight excluding hydrogens is 264 g/mol. The van der Waals surface area contributed by atoms with Crippen LogP contribution < -0.4 is 15.8 Å². The molecule has 0 aromatic heterocycles. The summed E-state index contributed by atoms with van der Waals surface area (Å²) in [6.07, 6.45) is 0.230. The van der Waals surface area contributed by atoms with Crippen LogP contribution in [0.25, 0.3) is 0 Å². The van der Waals surface area contributed by atoms with Crippen LogP contribution in [0.2, 0.25) is 0 Å². The van der Waals surface area contributed by atoms with Crippen LogP contribution in [0.5, 0.6) is 5.75 Å². The minimum Gasteiger partial charge on any atom is -0.493 e. The zero-order valence-electron chi connectivity index (χ0n) is 12.1. The van der Waals surface area contributed by atoms with E-state index in [4.69, 9.17) is 10.5 Å². The van der Waals surface area contributed by atoms with E-state index in [-0.39, 0.29) is 12.3 Å². The summed E-state index contributed by atoms with van der Waals surface area (Å²) in [6.45, 7) is 3.17. The summed E-state index contributed by atoms with van der Waals surface area (Å²) >= 11 is 0. The topological polar surface area (TPSA) is 64.3 Å². The van der Waals surface area contributed by atoms with Gasteiger partial charge in [-0.05, 0) is 36.8 Å². The van der Waals surface area contributed by atoms with Crippen LogP contribution in [-0.2, 0) is 11.3 Å². The van der Waals surface area contributed by atoms with E-state index in [9.17, 15) is 4.79 Å². The van der Waals surface area contributed by atoms with Gasteiger partial charge in [-0.1, -0.05) is 29.8 Å². The third-order valence-electron chi connectivity index (χ3n) is 3.09. The number of benzene rings is 2. The van der Waals surface area contributed by atoms with E-state index in [2.05, 4.69) is 36.5 Å². The van der Waals surface area contributed by atoms with Crippen molar-refractivity contribution >= 4 is 11.6 Å². The van der Waals surface area contributed by atoms with Crippen molar-refractivity contribution in [1.82, 2.24) is 0 Å². The number of carbonyl (C=O) groups is 1. The lowest BCUT2D eigenvalue weighted by Gasteiger charge is -2.09. The average molecular weight is 284 g/mol. The predicted octanol–water partition coefficient (Wildman–Crippen LogP) is 2.86. The normalized spacial score (nSPS) is 10.1. The molecule has 4 heteroatoms. The fourth-order valence-electron chi connectivity index (χ4n) is 1.85. The molecule has 110 valence electrons. The molecule has 3 N–H and O–H groups in total. The molecule has 0 atom stereocenters. The van der Waals surface area contributed by atoms with Crippen LogP contribution in [0.3, 0.4) is 0 Å². The van der Waals surface area contributed by atoms with Gasteiger partial charge in [-0.2, -0.15) is 0 Å². The van der Waals surface area contributed by atoms with Gasteiger partial charge in [0.1, 0.15) is 5.75 Å². The molecule has 0 radical (unpaired) electrons. The van der Waals surface area contributed by atoms with Gasteiger partial charge in [-0.15, -0.1) is 0 Å². The van der Waals surface area contributed by atoms with Gasteiger partial charge in [-0.3, -0.25) is 4.79 Å². The van der Waals surface area contributed by atoms with E-state index < -0.39 is 0 Å². The van der Waals surface area contributed by atoms with Crippen LogP contribution in [-0.4, -0.2) is 12.5 Å². The molecule has 0 unspecified atom stereocenters. The Morgan fingerprint density at radius 2 is 1.76 bits per heavy atom. The third kappa shape index (κ3) is 5.18. The van der Waals surface area contributed by atoms with E-state index in [1.807, 2.05) is 24.3 Å². The Kier molecular flexibility index (Phi) is 5.21. The van der Waals surface area contributed by atoms with Crippen LogP contribution in [0.15, 0.2) is 48.5 Å². The highest BCUT2D eigenvalue weighted by atomic mass is 16.5. The molecular formula is C17H20N2O2. The monoisotopic (exact) mass is 284 g/mol. The molecule has 0 saturated carbocycles. The fourth-order valence-corrected chi connectivity index (χ4v) is 1.85. The summed E-state index contributed by atoms with van der Waals surface area (Å²) in [5.74, 6) is 0.378. The van der Waals surface area contributed by atoms with Crippen molar-refractivity contribution in [3.63, 3.8) is 0 Å². The van der Waals surface area contributed by atoms with Crippen molar-refractivity contribution in [3.8, 4) is 5.75 Å². The molecule has 21 heavy (non-hydrogen) atoms. The maximum Gasteiger partial charge on any atom is 0.220 e.